The van der Waals surface area contributed by atoms with Gasteiger partial charge in [0.2, 0.25) is 0 Å². The van der Waals surface area contributed by atoms with Crippen molar-refractivity contribution in [3.63, 3.8) is 0 Å². The van der Waals surface area contributed by atoms with E-state index in [1.54, 1.807) is 0 Å². The van der Waals surface area contributed by atoms with E-state index in [1.165, 1.54) is 49.7 Å². The molecule has 0 bridgehead atoms. The van der Waals surface area contributed by atoms with Gasteiger partial charge in [-0.05, 0) is 49.8 Å². The molecule has 1 N–H and O–H groups in total. The summed E-state index contributed by atoms with van der Waals surface area (Å²) in [4.78, 5) is 0. The van der Waals surface area contributed by atoms with Gasteiger partial charge in [-0.25, -0.2) is 0 Å². The summed E-state index contributed by atoms with van der Waals surface area (Å²) in [7, 11) is 0. The van der Waals surface area contributed by atoms with E-state index < -0.39 is 0 Å². The molecule has 0 radical (unpaired) electrons. The van der Waals surface area contributed by atoms with Crippen molar-refractivity contribution in [2.45, 2.75) is 58.5 Å². The van der Waals surface area contributed by atoms with Crippen LogP contribution in [0.1, 0.15) is 62.7 Å². The number of aryl methyl sites for hydroxylation is 1. The molecule has 1 aromatic carbocycles. The molecule has 0 aromatic heterocycles. The minimum Gasteiger partial charge on any atom is -0.372 e. The lowest BCUT2D eigenvalue weighted by Gasteiger charge is -2.26. The first-order valence-electron chi connectivity index (χ1n) is 8.69. The summed E-state index contributed by atoms with van der Waals surface area (Å²) in [6.07, 6.45) is 8.25. The zero-order valence-electron chi connectivity index (χ0n) is 13.7. The van der Waals surface area contributed by atoms with Crippen molar-refractivity contribution < 1.29 is 4.74 Å². The molecule has 2 heteroatoms. The molecule has 0 spiro atoms. The zero-order valence-corrected chi connectivity index (χ0v) is 13.7. The summed E-state index contributed by atoms with van der Waals surface area (Å²) in [6, 6.07) is 8.64. The fraction of sp³-hybridized carbons (Fsp3) is 0.684. The second-order valence-corrected chi connectivity index (χ2v) is 6.39. The van der Waals surface area contributed by atoms with Gasteiger partial charge in [-0.15, -0.1) is 0 Å². The van der Waals surface area contributed by atoms with E-state index in [4.69, 9.17) is 4.74 Å². The summed E-state index contributed by atoms with van der Waals surface area (Å²) < 4.78 is 6.33. The predicted octanol–water partition coefficient (Wildman–Crippen LogP) is 4.63. The van der Waals surface area contributed by atoms with Crippen LogP contribution in [-0.2, 0) is 4.74 Å². The molecule has 1 unspecified atom stereocenters. The molecule has 1 aliphatic rings. The third-order valence-corrected chi connectivity index (χ3v) is 4.55. The van der Waals surface area contributed by atoms with E-state index in [1.807, 2.05) is 0 Å². The maximum absolute atomic E-state index is 6.33. The fourth-order valence-corrected chi connectivity index (χ4v) is 3.22. The van der Waals surface area contributed by atoms with Gasteiger partial charge in [0, 0.05) is 6.54 Å². The Morgan fingerprint density at radius 2 is 1.95 bits per heavy atom. The minimum absolute atomic E-state index is 0.194. The topological polar surface area (TPSA) is 21.3 Å². The molecule has 21 heavy (non-hydrogen) atoms. The van der Waals surface area contributed by atoms with Crippen LogP contribution in [0.3, 0.4) is 0 Å². The number of benzene rings is 1. The summed E-state index contributed by atoms with van der Waals surface area (Å²) >= 11 is 0. The average molecular weight is 289 g/mol. The van der Waals surface area contributed by atoms with Crippen molar-refractivity contribution in [2.75, 3.05) is 19.7 Å². The van der Waals surface area contributed by atoms with Gasteiger partial charge in [-0.2, -0.15) is 0 Å². The summed E-state index contributed by atoms with van der Waals surface area (Å²) in [5.74, 6) is 0.774. The lowest BCUT2D eigenvalue weighted by atomic mass is 9.90. The molecule has 1 aromatic rings. The van der Waals surface area contributed by atoms with Crippen LogP contribution in [-0.4, -0.2) is 19.7 Å². The third kappa shape index (κ3) is 5.44. The van der Waals surface area contributed by atoms with E-state index >= 15 is 0 Å². The maximum Gasteiger partial charge on any atom is 0.0951 e. The van der Waals surface area contributed by atoms with Crippen LogP contribution in [0.4, 0.5) is 0 Å². The number of ether oxygens (including phenoxy) is 1. The Kier molecular flexibility index (Phi) is 7.25. The van der Waals surface area contributed by atoms with Gasteiger partial charge in [0.15, 0.2) is 0 Å². The fourth-order valence-electron chi connectivity index (χ4n) is 3.22. The molecule has 0 amide bonds. The van der Waals surface area contributed by atoms with Gasteiger partial charge in [0.1, 0.15) is 0 Å². The largest absolute Gasteiger partial charge is 0.372 e. The Morgan fingerprint density at radius 1 is 1.19 bits per heavy atom. The van der Waals surface area contributed by atoms with E-state index in [9.17, 15) is 0 Å². The summed E-state index contributed by atoms with van der Waals surface area (Å²) in [6.45, 7) is 7.30. The Labute approximate surface area is 130 Å². The molecule has 0 saturated heterocycles. The minimum atomic E-state index is 0.194. The Hall–Kier alpha value is -0.860. The molecule has 0 heterocycles. The van der Waals surface area contributed by atoms with Gasteiger partial charge in [-0.3, -0.25) is 0 Å². The lowest BCUT2D eigenvalue weighted by molar-refractivity contribution is 0.0197. The summed E-state index contributed by atoms with van der Waals surface area (Å²) in [5, 5.41) is 3.52. The third-order valence-electron chi connectivity index (χ3n) is 4.55. The highest BCUT2D eigenvalue weighted by Crippen LogP contribution is 2.27. The molecular formula is C19H31NO. The number of hydrogen-bond acceptors (Lipinski definition) is 2. The SMILES string of the molecule is CCCNCC(OCC1CCCCC1)c1ccccc1C. The lowest BCUT2D eigenvalue weighted by Crippen LogP contribution is -2.26. The van der Waals surface area contributed by atoms with E-state index in [-0.39, 0.29) is 6.10 Å². The van der Waals surface area contributed by atoms with Crippen LogP contribution < -0.4 is 5.32 Å². The van der Waals surface area contributed by atoms with Crippen molar-refractivity contribution in [3.05, 3.63) is 35.4 Å². The van der Waals surface area contributed by atoms with Gasteiger partial charge < -0.3 is 10.1 Å². The molecule has 1 atom stereocenters. The van der Waals surface area contributed by atoms with Crippen LogP contribution >= 0.6 is 0 Å². The van der Waals surface area contributed by atoms with Crippen LogP contribution in [0.5, 0.6) is 0 Å². The average Bonchev–Trinajstić information content (AvgIpc) is 2.53. The summed E-state index contributed by atoms with van der Waals surface area (Å²) in [5.41, 5.74) is 2.68. The van der Waals surface area contributed by atoms with Crippen molar-refractivity contribution in [2.24, 2.45) is 5.92 Å². The van der Waals surface area contributed by atoms with Crippen LogP contribution in [0.25, 0.3) is 0 Å². The standard InChI is InChI=1S/C19H31NO/c1-3-13-20-14-19(18-12-8-7-9-16(18)2)21-15-17-10-5-4-6-11-17/h7-9,12,17,19-20H,3-6,10-11,13-15H2,1-2H3. The number of rotatable bonds is 8. The van der Waals surface area contributed by atoms with Crippen molar-refractivity contribution in [3.8, 4) is 0 Å². The monoisotopic (exact) mass is 289 g/mol. The predicted molar refractivity (Wildman–Crippen MR) is 89.6 cm³/mol. The first-order valence-corrected chi connectivity index (χ1v) is 8.69. The number of nitrogens with one attached hydrogen (secondary N) is 1. The van der Waals surface area contributed by atoms with Crippen molar-refractivity contribution in [1.29, 1.82) is 0 Å². The Morgan fingerprint density at radius 3 is 2.67 bits per heavy atom. The quantitative estimate of drug-likeness (QED) is 0.704. The van der Waals surface area contributed by atoms with Gasteiger partial charge >= 0.3 is 0 Å². The maximum atomic E-state index is 6.33. The highest BCUT2D eigenvalue weighted by molar-refractivity contribution is 5.28. The normalized spacial score (nSPS) is 17.8. The van der Waals surface area contributed by atoms with Crippen molar-refractivity contribution >= 4 is 0 Å². The highest BCUT2D eigenvalue weighted by atomic mass is 16.5. The molecule has 0 aliphatic heterocycles. The Balaban J connectivity index is 1.93. The molecule has 118 valence electrons. The first kappa shape index (κ1) is 16.5. The van der Waals surface area contributed by atoms with Crippen LogP contribution in [0, 0.1) is 12.8 Å². The first-order chi connectivity index (χ1) is 10.3. The van der Waals surface area contributed by atoms with E-state index in [0.717, 1.165) is 25.6 Å². The van der Waals surface area contributed by atoms with Gasteiger partial charge in [0.25, 0.3) is 0 Å². The second-order valence-electron chi connectivity index (χ2n) is 6.39. The van der Waals surface area contributed by atoms with Gasteiger partial charge in [-0.1, -0.05) is 50.5 Å². The molecule has 2 nitrogen and oxygen atoms in total. The van der Waals surface area contributed by atoms with Crippen molar-refractivity contribution in [1.82, 2.24) is 5.32 Å². The van der Waals surface area contributed by atoms with E-state index in [2.05, 4.69) is 43.4 Å². The molecular weight excluding hydrogens is 258 g/mol. The molecule has 1 saturated carbocycles. The van der Waals surface area contributed by atoms with Crippen LogP contribution in [0.15, 0.2) is 24.3 Å². The van der Waals surface area contributed by atoms with Gasteiger partial charge in [0.05, 0.1) is 12.7 Å². The smallest absolute Gasteiger partial charge is 0.0951 e. The zero-order chi connectivity index (χ0) is 14.9. The van der Waals surface area contributed by atoms with E-state index in [0.29, 0.717) is 0 Å². The highest BCUT2D eigenvalue weighted by Gasteiger charge is 2.18. The molecule has 1 aliphatic carbocycles. The van der Waals surface area contributed by atoms with Crippen LogP contribution in [0.2, 0.25) is 0 Å². The molecule has 1 fully saturated rings. The molecule has 2 rings (SSSR count). The second kappa shape index (κ2) is 9.22. The Bertz CT molecular complexity index is 398. The number of hydrogen-bond donors (Lipinski definition) is 1.